The molecule has 0 aliphatic carbocycles. The Morgan fingerprint density at radius 2 is 1.58 bits per heavy atom. The molecule has 1 N–H and O–H groups in total. The van der Waals surface area contributed by atoms with Crippen molar-refractivity contribution in [2.45, 2.75) is 39.3 Å². The fraction of sp³-hybridized carbons (Fsp3) is 0.417. The molecular formula is C24H32N2O5. The first-order valence-corrected chi connectivity index (χ1v) is 10.3. The Morgan fingerprint density at radius 3 is 2.16 bits per heavy atom. The normalized spacial score (nSPS) is 11.4. The summed E-state index contributed by atoms with van der Waals surface area (Å²) in [6, 6.07) is 12.5. The van der Waals surface area contributed by atoms with E-state index in [9.17, 15) is 9.59 Å². The number of ether oxygens (including phenoxy) is 3. The summed E-state index contributed by atoms with van der Waals surface area (Å²) < 4.78 is 15.8. The summed E-state index contributed by atoms with van der Waals surface area (Å²) in [7, 11) is 4.77. The predicted octanol–water partition coefficient (Wildman–Crippen LogP) is 3.20. The molecule has 2 rings (SSSR count). The van der Waals surface area contributed by atoms with Gasteiger partial charge in [-0.15, -0.1) is 0 Å². The summed E-state index contributed by atoms with van der Waals surface area (Å²) in [4.78, 5) is 27.2. The minimum atomic E-state index is -0.583. The number of hydrogen-bond acceptors (Lipinski definition) is 5. The van der Waals surface area contributed by atoms with Gasteiger partial charge in [0.1, 0.15) is 11.8 Å². The first-order chi connectivity index (χ1) is 14.9. The van der Waals surface area contributed by atoms with Gasteiger partial charge >= 0.3 is 0 Å². The lowest BCUT2D eigenvalue weighted by Crippen LogP contribution is -2.47. The summed E-state index contributed by atoms with van der Waals surface area (Å²) in [5.74, 6) is 1.74. The number of nitrogens with one attached hydrogen (secondary N) is 1. The predicted molar refractivity (Wildman–Crippen MR) is 120 cm³/mol. The standard InChI is InChI=1S/C24H32N2O5/c1-6-25-24(28)17(2)26(16-19-7-11-20(29-3)12-8-19)23(27)14-10-18-9-13-21(30-4)22(15-18)31-5/h7-9,11-13,15,17H,6,10,14,16H2,1-5H3,(H,25,28). The molecule has 0 aliphatic heterocycles. The molecule has 168 valence electrons. The van der Waals surface area contributed by atoms with Gasteiger partial charge in [0, 0.05) is 19.5 Å². The average molecular weight is 429 g/mol. The maximum Gasteiger partial charge on any atom is 0.242 e. The number of methoxy groups -OCH3 is 3. The van der Waals surface area contributed by atoms with Crippen molar-refractivity contribution in [2.75, 3.05) is 27.9 Å². The third-order valence-corrected chi connectivity index (χ3v) is 5.11. The van der Waals surface area contributed by atoms with Gasteiger partial charge in [0.05, 0.1) is 21.3 Å². The molecule has 0 spiro atoms. The topological polar surface area (TPSA) is 77.1 Å². The number of rotatable bonds is 11. The van der Waals surface area contributed by atoms with Crippen LogP contribution in [0.5, 0.6) is 17.2 Å². The van der Waals surface area contributed by atoms with Gasteiger partial charge in [0.15, 0.2) is 11.5 Å². The van der Waals surface area contributed by atoms with Crippen molar-refractivity contribution in [1.82, 2.24) is 10.2 Å². The third kappa shape index (κ3) is 6.64. The smallest absolute Gasteiger partial charge is 0.242 e. The second-order valence-corrected chi connectivity index (χ2v) is 7.13. The molecule has 7 nitrogen and oxygen atoms in total. The highest BCUT2D eigenvalue weighted by Crippen LogP contribution is 2.28. The fourth-order valence-corrected chi connectivity index (χ4v) is 3.26. The molecule has 31 heavy (non-hydrogen) atoms. The van der Waals surface area contributed by atoms with E-state index in [2.05, 4.69) is 5.32 Å². The van der Waals surface area contributed by atoms with E-state index in [4.69, 9.17) is 14.2 Å². The van der Waals surface area contributed by atoms with Crippen LogP contribution in [0, 0.1) is 0 Å². The van der Waals surface area contributed by atoms with Crippen LogP contribution >= 0.6 is 0 Å². The Hall–Kier alpha value is -3.22. The van der Waals surface area contributed by atoms with Gasteiger partial charge in [-0.25, -0.2) is 0 Å². The van der Waals surface area contributed by atoms with Crippen LogP contribution in [-0.4, -0.2) is 50.6 Å². The maximum absolute atomic E-state index is 13.1. The van der Waals surface area contributed by atoms with Gasteiger partial charge in [-0.2, -0.15) is 0 Å². The van der Waals surface area contributed by atoms with Crippen LogP contribution in [0.2, 0.25) is 0 Å². The summed E-state index contributed by atoms with van der Waals surface area (Å²) in [5.41, 5.74) is 1.89. The van der Waals surface area contributed by atoms with Gasteiger partial charge in [-0.05, 0) is 55.7 Å². The van der Waals surface area contributed by atoms with E-state index in [1.807, 2.05) is 49.4 Å². The molecule has 0 heterocycles. The quantitative estimate of drug-likeness (QED) is 0.595. The molecular weight excluding hydrogens is 396 g/mol. The molecule has 0 aromatic heterocycles. The summed E-state index contributed by atoms with van der Waals surface area (Å²) in [6.07, 6.45) is 0.801. The molecule has 2 aromatic rings. The average Bonchev–Trinajstić information content (AvgIpc) is 2.80. The number of amides is 2. The van der Waals surface area contributed by atoms with E-state index >= 15 is 0 Å². The van der Waals surface area contributed by atoms with Crippen LogP contribution in [0.1, 0.15) is 31.4 Å². The van der Waals surface area contributed by atoms with Crippen LogP contribution in [0.15, 0.2) is 42.5 Å². The minimum absolute atomic E-state index is 0.0932. The zero-order chi connectivity index (χ0) is 22.8. The SMILES string of the molecule is CCNC(=O)C(C)N(Cc1ccc(OC)cc1)C(=O)CCc1ccc(OC)c(OC)c1. The third-order valence-electron chi connectivity index (χ3n) is 5.11. The fourth-order valence-electron chi connectivity index (χ4n) is 3.26. The highest BCUT2D eigenvalue weighted by atomic mass is 16.5. The van der Waals surface area contributed by atoms with E-state index in [-0.39, 0.29) is 18.2 Å². The molecule has 1 unspecified atom stereocenters. The lowest BCUT2D eigenvalue weighted by atomic mass is 10.1. The Balaban J connectivity index is 2.15. The summed E-state index contributed by atoms with van der Waals surface area (Å²) >= 11 is 0. The van der Waals surface area contributed by atoms with Gasteiger partial charge in [-0.3, -0.25) is 9.59 Å². The zero-order valence-electron chi connectivity index (χ0n) is 18.9. The highest BCUT2D eigenvalue weighted by molar-refractivity contribution is 5.87. The number of aryl methyl sites for hydroxylation is 1. The molecule has 0 bridgehead atoms. The van der Waals surface area contributed by atoms with Gasteiger partial charge < -0.3 is 24.4 Å². The number of carbonyl (C=O) groups is 2. The van der Waals surface area contributed by atoms with Crippen molar-refractivity contribution < 1.29 is 23.8 Å². The number of likely N-dealkylation sites (N-methyl/N-ethyl adjacent to an activating group) is 1. The highest BCUT2D eigenvalue weighted by Gasteiger charge is 2.25. The lowest BCUT2D eigenvalue weighted by molar-refractivity contribution is -0.140. The molecule has 0 aliphatic rings. The molecule has 1 atom stereocenters. The number of nitrogens with zero attached hydrogens (tertiary/aromatic N) is 1. The number of hydrogen-bond donors (Lipinski definition) is 1. The first-order valence-electron chi connectivity index (χ1n) is 10.3. The van der Waals surface area contributed by atoms with Crippen molar-refractivity contribution in [2.24, 2.45) is 0 Å². The molecule has 2 aromatic carbocycles. The molecule has 2 amide bonds. The number of benzene rings is 2. The number of carbonyl (C=O) groups excluding carboxylic acids is 2. The van der Waals surface area contributed by atoms with Crippen LogP contribution < -0.4 is 19.5 Å². The van der Waals surface area contributed by atoms with E-state index < -0.39 is 6.04 Å². The Kier molecular flexibility index (Phi) is 9.18. The first kappa shape index (κ1) is 24.1. The van der Waals surface area contributed by atoms with Crippen LogP contribution in [0.4, 0.5) is 0 Å². The minimum Gasteiger partial charge on any atom is -0.497 e. The van der Waals surface area contributed by atoms with Crippen molar-refractivity contribution in [1.29, 1.82) is 0 Å². The molecule has 7 heteroatoms. The van der Waals surface area contributed by atoms with Gasteiger partial charge in [0.25, 0.3) is 0 Å². The summed E-state index contributed by atoms with van der Waals surface area (Å²) in [5, 5.41) is 2.80. The van der Waals surface area contributed by atoms with Crippen LogP contribution in [0.25, 0.3) is 0 Å². The van der Waals surface area contributed by atoms with Crippen molar-refractivity contribution in [3.05, 3.63) is 53.6 Å². The molecule has 0 fully saturated rings. The monoisotopic (exact) mass is 428 g/mol. The van der Waals surface area contributed by atoms with Crippen molar-refractivity contribution in [3.63, 3.8) is 0 Å². The van der Waals surface area contributed by atoms with Gasteiger partial charge in [-0.1, -0.05) is 18.2 Å². The largest absolute Gasteiger partial charge is 0.497 e. The molecule has 0 saturated heterocycles. The second kappa shape index (κ2) is 11.8. The maximum atomic E-state index is 13.1. The molecule has 0 saturated carbocycles. The van der Waals surface area contributed by atoms with Crippen molar-refractivity contribution in [3.8, 4) is 17.2 Å². The van der Waals surface area contributed by atoms with E-state index in [1.54, 1.807) is 33.2 Å². The Labute approximate surface area is 184 Å². The van der Waals surface area contributed by atoms with Crippen LogP contribution in [0.3, 0.4) is 0 Å². The zero-order valence-corrected chi connectivity index (χ0v) is 18.9. The van der Waals surface area contributed by atoms with E-state index in [1.165, 1.54) is 0 Å². The van der Waals surface area contributed by atoms with Crippen LogP contribution in [-0.2, 0) is 22.6 Å². The Morgan fingerprint density at radius 1 is 0.935 bits per heavy atom. The van der Waals surface area contributed by atoms with Crippen molar-refractivity contribution >= 4 is 11.8 Å². The second-order valence-electron chi connectivity index (χ2n) is 7.13. The lowest BCUT2D eigenvalue weighted by Gasteiger charge is -2.29. The van der Waals surface area contributed by atoms with E-state index in [0.717, 1.165) is 16.9 Å². The summed E-state index contributed by atoms with van der Waals surface area (Å²) in [6.45, 7) is 4.46. The molecule has 0 radical (unpaired) electrons. The Bertz CT molecular complexity index is 867. The van der Waals surface area contributed by atoms with E-state index in [0.29, 0.717) is 31.0 Å². The van der Waals surface area contributed by atoms with Gasteiger partial charge in [0.2, 0.25) is 11.8 Å².